The van der Waals surface area contributed by atoms with Crippen LogP contribution in [0.1, 0.15) is 37.6 Å². The van der Waals surface area contributed by atoms with E-state index in [1.807, 2.05) is 48.5 Å². The molecule has 2 heterocycles. The van der Waals surface area contributed by atoms with E-state index in [2.05, 4.69) is 26.2 Å². The van der Waals surface area contributed by atoms with Gasteiger partial charge in [-0.15, -0.1) is 22.9 Å². The number of rotatable bonds is 5. The molecule has 5 heteroatoms. The molecule has 144 valence electrons. The number of hydrogen-bond acceptors (Lipinski definition) is 4. The first kappa shape index (κ1) is 19.0. The summed E-state index contributed by atoms with van der Waals surface area (Å²) in [6.07, 6.45) is 0. The van der Waals surface area contributed by atoms with Crippen LogP contribution in [0.5, 0.6) is 5.75 Å². The van der Waals surface area contributed by atoms with Crippen LogP contribution >= 0.6 is 22.9 Å². The number of aromatic nitrogens is 1. The lowest BCUT2D eigenvalue weighted by atomic mass is 9.93. The van der Waals surface area contributed by atoms with Crippen molar-refractivity contribution in [3.63, 3.8) is 0 Å². The molecule has 4 aromatic rings. The Hall–Kier alpha value is -2.30. The molecule has 3 nitrogen and oxygen atoms in total. The third-order valence-electron chi connectivity index (χ3n) is 4.63. The number of thiazole rings is 1. The van der Waals surface area contributed by atoms with Gasteiger partial charge in [-0.1, -0.05) is 45.0 Å². The maximum atomic E-state index is 6.01. The second-order valence-electron chi connectivity index (χ2n) is 7.79. The molecule has 0 aliphatic heterocycles. The molecule has 28 heavy (non-hydrogen) atoms. The van der Waals surface area contributed by atoms with Crippen LogP contribution in [-0.2, 0) is 17.9 Å². The number of ether oxygens (including phenoxy) is 1. The van der Waals surface area contributed by atoms with Gasteiger partial charge in [0, 0.05) is 22.1 Å². The van der Waals surface area contributed by atoms with Crippen LogP contribution in [0.2, 0.25) is 0 Å². The summed E-state index contributed by atoms with van der Waals surface area (Å²) in [6, 6.07) is 16.0. The van der Waals surface area contributed by atoms with Gasteiger partial charge in [-0.05, 0) is 35.4 Å². The van der Waals surface area contributed by atoms with E-state index in [4.69, 9.17) is 25.7 Å². The SMILES string of the molecule is CC(C)(C)c1csc(-c2cc3cc(OCc4ccccc4CCl)ccc3o2)n1. The standard InChI is InChI=1S/C23H22ClNO2S/c1-23(2,3)21-14-28-22(25-21)20-11-17-10-18(8-9-19(17)27-20)26-13-16-7-5-4-6-15(16)12-24/h4-11,14H,12-13H2,1-3H3. The van der Waals surface area contributed by atoms with Crippen LogP contribution in [0.3, 0.4) is 0 Å². The van der Waals surface area contributed by atoms with Gasteiger partial charge in [-0.3, -0.25) is 0 Å². The zero-order valence-corrected chi connectivity index (χ0v) is 17.7. The molecule has 0 fully saturated rings. The van der Waals surface area contributed by atoms with Gasteiger partial charge < -0.3 is 9.15 Å². The zero-order valence-electron chi connectivity index (χ0n) is 16.2. The molecular formula is C23H22ClNO2S. The first-order chi connectivity index (χ1) is 13.4. The van der Waals surface area contributed by atoms with E-state index in [1.54, 1.807) is 11.3 Å². The van der Waals surface area contributed by atoms with Crippen molar-refractivity contribution >= 4 is 33.9 Å². The Balaban J connectivity index is 1.56. The second kappa shape index (κ2) is 7.61. The van der Waals surface area contributed by atoms with Crippen molar-refractivity contribution in [1.29, 1.82) is 0 Å². The van der Waals surface area contributed by atoms with Crippen LogP contribution < -0.4 is 4.74 Å². The van der Waals surface area contributed by atoms with Gasteiger partial charge >= 0.3 is 0 Å². The lowest BCUT2D eigenvalue weighted by Crippen LogP contribution is -2.11. The van der Waals surface area contributed by atoms with Crippen molar-refractivity contribution in [3.8, 4) is 16.5 Å². The molecule has 0 unspecified atom stereocenters. The van der Waals surface area contributed by atoms with Crippen LogP contribution in [0.25, 0.3) is 21.7 Å². The first-order valence-electron chi connectivity index (χ1n) is 9.19. The minimum Gasteiger partial charge on any atom is -0.489 e. The summed E-state index contributed by atoms with van der Waals surface area (Å²) >= 11 is 7.62. The topological polar surface area (TPSA) is 35.3 Å². The molecule has 0 saturated heterocycles. The highest BCUT2D eigenvalue weighted by Gasteiger charge is 2.19. The van der Waals surface area contributed by atoms with Gasteiger partial charge in [-0.25, -0.2) is 4.98 Å². The van der Waals surface area contributed by atoms with Crippen LogP contribution in [0.15, 0.2) is 58.3 Å². The van der Waals surface area contributed by atoms with Gasteiger partial charge in [-0.2, -0.15) is 0 Å². The highest BCUT2D eigenvalue weighted by atomic mass is 35.5. The largest absolute Gasteiger partial charge is 0.489 e. The summed E-state index contributed by atoms with van der Waals surface area (Å²) < 4.78 is 12.0. The average Bonchev–Trinajstić information content (AvgIpc) is 3.32. The molecular weight excluding hydrogens is 390 g/mol. The predicted octanol–water partition coefficient (Wildman–Crippen LogP) is 7.17. The summed E-state index contributed by atoms with van der Waals surface area (Å²) in [5.74, 6) is 2.08. The number of nitrogens with zero attached hydrogens (tertiary/aromatic N) is 1. The van der Waals surface area contributed by atoms with E-state index in [0.29, 0.717) is 12.5 Å². The third-order valence-corrected chi connectivity index (χ3v) is 5.77. The number of halogens is 1. The Morgan fingerprint density at radius 2 is 1.86 bits per heavy atom. The van der Waals surface area contributed by atoms with Crippen molar-refractivity contribution in [2.24, 2.45) is 0 Å². The number of alkyl halides is 1. The Labute approximate surface area is 173 Å². The molecule has 0 N–H and O–H groups in total. The number of benzene rings is 2. The number of fused-ring (bicyclic) bond motifs is 1. The Bertz CT molecular complexity index is 1110. The normalized spacial score (nSPS) is 11.9. The molecule has 0 bridgehead atoms. The quantitative estimate of drug-likeness (QED) is 0.326. The maximum Gasteiger partial charge on any atom is 0.164 e. The molecule has 0 amide bonds. The minimum atomic E-state index is 0.0289. The summed E-state index contributed by atoms with van der Waals surface area (Å²) in [4.78, 5) is 4.75. The average molecular weight is 412 g/mol. The fraction of sp³-hybridized carbons (Fsp3) is 0.261. The van der Waals surface area contributed by atoms with Crippen LogP contribution in [-0.4, -0.2) is 4.98 Å². The lowest BCUT2D eigenvalue weighted by molar-refractivity contribution is 0.305. The molecule has 2 aromatic heterocycles. The van der Waals surface area contributed by atoms with E-state index < -0.39 is 0 Å². The molecule has 0 atom stereocenters. The van der Waals surface area contributed by atoms with Gasteiger partial charge in [0.1, 0.15) is 17.9 Å². The molecule has 2 aromatic carbocycles. The van der Waals surface area contributed by atoms with E-state index in [0.717, 1.165) is 44.3 Å². The number of furan rings is 1. The molecule has 0 saturated carbocycles. The van der Waals surface area contributed by atoms with E-state index >= 15 is 0 Å². The van der Waals surface area contributed by atoms with Crippen molar-refractivity contribution in [2.75, 3.05) is 0 Å². The van der Waals surface area contributed by atoms with E-state index in [1.165, 1.54) is 0 Å². The monoisotopic (exact) mass is 411 g/mol. The predicted molar refractivity (Wildman–Crippen MR) is 116 cm³/mol. The van der Waals surface area contributed by atoms with E-state index in [-0.39, 0.29) is 5.41 Å². The van der Waals surface area contributed by atoms with Crippen molar-refractivity contribution in [2.45, 2.75) is 38.7 Å². The van der Waals surface area contributed by atoms with Gasteiger partial charge in [0.25, 0.3) is 0 Å². The maximum absolute atomic E-state index is 6.01. The second-order valence-corrected chi connectivity index (χ2v) is 8.91. The van der Waals surface area contributed by atoms with Crippen molar-refractivity contribution in [3.05, 3.63) is 70.7 Å². The third kappa shape index (κ3) is 3.94. The lowest BCUT2D eigenvalue weighted by Gasteiger charge is -2.13. The fourth-order valence-corrected chi connectivity index (χ4v) is 4.20. The highest BCUT2D eigenvalue weighted by molar-refractivity contribution is 7.13. The summed E-state index contributed by atoms with van der Waals surface area (Å²) in [5.41, 5.74) is 4.13. The molecule has 4 rings (SSSR count). The van der Waals surface area contributed by atoms with Crippen molar-refractivity contribution < 1.29 is 9.15 Å². The fourth-order valence-electron chi connectivity index (χ4n) is 2.94. The van der Waals surface area contributed by atoms with Crippen LogP contribution in [0.4, 0.5) is 0 Å². The minimum absolute atomic E-state index is 0.0289. The van der Waals surface area contributed by atoms with Crippen molar-refractivity contribution in [1.82, 2.24) is 4.98 Å². The number of hydrogen-bond donors (Lipinski definition) is 0. The first-order valence-corrected chi connectivity index (χ1v) is 10.6. The summed E-state index contributed by atoms with van der Waals surface area (Å²) in [6.45, 7) is 6.98. The molecule has 0 aliphatic carbocycles. The van der Waals surface area contributed by atoms with E-state index in [9.17, 15) is 0 Å². The Morgan fingerprint density at radius 1 is 1.07 bits per heavy atom. The summed E-state index contributed by atoms with van der Waals surface area (Å²) in [5, 5.41) is 4.01. The Morgan fingerprint density at radius 3 is 2.57 bits per heavy atom. The molecule has 0 spiro atoms. The smallest absolute Gasteiger partial charge is 0.164 e. The summed E-state index contributed by atoms with van der Waals surface area (Å²) in [7, 11) is 0. The van der Waals surface area contributed by atoms with Gasteiger partial charge in [0.05, 0.1) is 5.69 Å². The Kier molecular flexibility index (Phi) is 5.17. The molecule has 0 radical (unpaired) electrons. The van der Waals surface area contributed by atoms with Crippen LogP contribution in [0, 0.1) is 0 Å². The van der Waals surface area contributed by atoms with Gasteiger partial charge in [0.2, 0.25) is 0 Å². The van der Waals surface area contributed by atoms with Gasteiger partial charge in [0.15, 0.2) is 10.8 Å². The highest BCUT2D eigenvalue weighted by Crippen LogP contribution is 2.34. The molecule has 0 aliphatic rings. The zero-order chi connectivity index (χ0) is 19.7.